The first-order chi connectivity index (χ1) is 26.3. The van der Waals surface area contributed by atoms with Crippen LogP contribution >= 0.6 is 11.8 Å². The summed E-state index contributed by atoms with van der Waals surface area (Å²) >= 11 is 1.87. The second-order valence-electron chi connectivity index (χ2n) is 13.2. The van der Waals surface area contributed by atoms with E-state index in [1.165, 1.54) is 87.8 Å². The van der Waals surface area contributed by atoms with Crippen molar-refractivity contribution < 1.29 is 0 Å². The van der Waals surface area contributed by atoms with E-state index in [1.54, 1.807) is 0 Å². The van der Waals surface area contributed by atoms with Crippen LogP contribution in [0.2, 0.25) is 0 Å². The first kappa shape index (κ1) is 32.5. The van der Waals surface area contributed by atoms with Gasteiger partial charge in [-0.25, -0.2) is 0 Å². The van der Waals surface area contributed by atoms with Gasteiger partial charge in [0.25, 0.3) is 0 Å². The van der Waals surface area contributed by atoms with Crippen molar-refractivity contribution in [1.29, 1.82) is 0 Å². The van der Waals surface area contributed by atoms with E-state index in [4.69, 9.17) is 0 Å². The van der Waals surface area contributed by atoms with Crippen LogP contribution in [0.3, 0.4) is 0 Å². The zero-order valence-electron chi connectivity index (χ0n) is 29.2. The fourth-order valence-electron chi connectivity index (χ4n) is 7.63. The molecule has 0 bridgehead atoms. The van der Waals surface area contributed by atoms with Crippen molar-refractivity contribution in [3.8, 4) is 0 Å². The van der Waals surface area contributed by atoms with Gasteiger partial charge >= 0.3 is 0 Å². The molecule has 0 saturated heterocycles. The highest BCUT2D eigenvalue weighted by atomic mass is 32.2. The summed E-state index contributed by atoms with van der Waals surface area (Å²) in [6, 6.07) is 74.2. The Morgan fingerprint density at radius 2 is 0.585 bits per heavy atom. The quantitative estimate of drug-likeness (QED) is 0.160. The Kier molecular flexibility index (Phi) is 9.00. The van der Waals surface area contributed by atoms with Crippen molar-refractivity contribution in [3.05, 3.63) is 268 Å². The number of hydrogen-bond acceptors (Lipinski definition) is 1. The highest BCUT2D eigenvalue weighted by Gasteiger charge is 2.33. The number of hydrogen-bond donors (Lipinski definition) is 0. The van der Waals surface area contributed by atoms with Crippen molar-refractivity contribution >= 4 is 49.4 Å². The summed E-state index contributed by atoms with van der Waals surface area (Å²) in [7, 11) is 0. The molecule has 0 spiro atoms. The molecule has 1 heterocycles. The minimum absolute atomic E-state index is 1.20. The molecule has 250 valence electrons. The minimum atomic E-state index is 1.20. The average molecular weight is 693 g/mol. The first-order valence-corrected chi connectivity index (χ1v) is 18.9. The van der Waals surface area contributed by atoms with E-state index in [2.05, 4.69) is 218 Å². The lowest BCUT2D eigenvalue weighted by Gasteiger charge is -2.26. The Bertz CT molecular complexity index is 2460. The van der Waals surface area contributed by atoms with Gasteiger partial charge < -0.3 is 0 Å². The number of benzene rings is 7. The molecule has 0 nitrogen and oxygen atoms in total. The third-order valence-corrected chi connectivity index (χ3v) is 11.2. The second-order valence-corrected chi connectivity index (χ2v) is 14.2. The molecular weight excluding hydrogens is 657 g/mol. The zero-order valence-corrected chi connectivity index (χ0v) is 30.0. The van der Waals surface area contributed by atoms with E-state index in [0.29, 0.717) is 0 Å². The molecule has 9 rings (SSSR count). The Hall–Kier alpha value is -6.41. The van der Waals surface area contributed by atoms with Crippen LogP contribution in [-0.4, -0.2) is 0 Å². The van der Waals surface area contributed by atoms with E-state index in [9.17, 15) is 0 Å². The van der Waals surface area contributed by atoms with E-state index in [-0.39, 0.29) is 0 Å². The van der Waals surface area contributed by atoms with E-state index in [0.717, 1.165) is 0 Å². The van der Waals surface area contributed by atoms with Gasteiger partial charge in [-0.3, -0.25) is 0 Å². The predicted octanol–water partition coefficient (Wildman–Crippen LogP) is 13.9. The Morgan fingerprint density at radius 3 is 1.00 bits per heavy atom. The molecule has 0 unspecified atom stereocenters. The van der Waals surface area contributed by atoms with Crippen LogP contribution in [0.1, 0.15) is 44.5 Å². The number of thioether (sulfide) groups is 1. The van der Waals surface area contributed by atoms with Crippen molar-refractivity contribution in [2.24, 2.45) is 0 Å². The molecule has 0 radical (unpaired) electrons. The molecular formula is C52H36S. The van der Waals surface area contributed by atoms with Gasteiger partial charge in [-0.05, 0) is 78.4 Å². The topological polar surface area (TPSA) is 0 Å². The molecule has 7 aromatic carbocycles. The number of fused-ring (bicyclic) bond motifs is 1. The maximum absolute atomic E-state index is 2.39. The normalized spacial score (nSPS) is 14.9. The van der Waals surface area contributed by atoms with Gasteiger partial charge in [0.2, 0.25) is 0 Å². The number of rotatable bonds is 7. The maximum Gasteiger partial charge on any atom is 0.0279 e. The van der Waals surface area contributed by atoms with Crippen molar-refractivity contribution in [1.82, 2.24) is 0 Å². The lowest BCUT2D eigenvalue weighted by Crippen LogP contribution is -2.02. The van der Waals surface area contributed by atoms with Gasteiger partial charge in [0.15, 0.2) is 0 Å². The molecule has 2 aliphatic rings. The smallest absolute Gasteiger partial charge is 0.0279 e. The third-order valence-electron chi connectivity index (χ3n) is 9.94. The summed E-state index contributed by atoms with van der Waals surface area (Å²) in [6.45, 7) is 0. The van der Waals surface area contributed by atoms with Crippen LogP contribution < -0.4 is 0 Å². The molecule has 0 aromatic heterocycles. The molecule has 0 fully saturated rings. The maximum atomic E-state index is 2.39. The van der Waals surface area contributed by atoms with E-state index < -0.39 is 0 Å². The molecule has 0 atom stereocenters. The standard InChI is InChI=1S/C52H36S/c1-7-21-37(22-8-1)47-45(48(38-23-9-2-10-24-38)51(41-29-15-5-16-30-41)50(47)40-27-13-4-14-28-40)35-36-46-43-33-19-20-34-44(43)49(39-25-11-3-12-26-39)52(53-46)42-31-17-6-18-32-42/h1-36H/b46-36-. The summed E-state index contributed by atoms with van der Waals surface area (Å²) in [5.74, 6) is 0. The van der Waals surface area contributed by atoms with Crippen molar-refractivity contribution in [2.45, 2.75) is 0 Å². The fourth-order valence-corrected chi connectivity index (χ4v) is 8.86. The van der Waals surface area contributed by atoms with Crippen molar-refractivity contribution in [3.63, 3.8) is 0 Å². The van der Waals surface area contributed by atoms with Crippen LogP contribution in [0.5, 0.6) is 0 Å². The van der Waals surface area contributed by atoms with E-state index >= 15 is 0 Å². The van der Waals surface area contributed by atoms with Gasteiger partial charge in [0, 0.05) is 15.4 Å². The molecule has 1 aliphatic carbocycles. The summed E-state index contributed by atoms with van der Waals surface area (Å²) < 4.78 is 0. The molecule has 1 aliphatic heterocycles. The summed E-state index contributed by atoms with van der Waals surface area (Å²) in [4.78, 5) is 2.49. The molecule has 0 saturated carbocycles. The van der Waals surface area contributed by atoms with Crippen molar-refractivity contribution in [2.75, 3.05) is 0 Å². The third kappa shape index (κ3) is 6.26. The van der Waals surface area contributed by atoms with Crippen LogP contribution in [-0.2, 0) is 0 Å². The minimum Gasteiger partial charge on any atom is -0.0881 e. The summed E-state index contributed by atoms with van der Waals surface area (Å²) in [6.07, 6.45) is 4.75. The average Bonchev–Trinajstić information content (AvgIpc) is 3.59. The Labute approximate surface area is 316 Å². The largest absolute Gasteiger partial charge is 0.0881 e. The van der Waals surface area contributed by atoms with Gasteiger partial charge in [0.1, 0.15) is 0 Å². The van der Waals surface area contributed by atoms with Crippen LogP contribution in [0.25, 0.3) is 37.7 Å². The second kappa shape index (κ2) is 14.7. The van der Waals surface area contributed by atoms with Gasteiger partial charge in [-0.2, -0.15) is 0 Å². The molecule has 7 aromatic rings. The molecule has 53 heavy (non-hydrogen) atoms. The molecule has 1 heteroatoms. The predicted molar refractivity (Wildman–Crippen MR) is 228 cm³/mol. The summed E-state index contributed by atoms with van der Waals surface area (Å²) in [5.41, 5.74) is 17.2. The van der Waals surface area contributed by atoms with E-state index in [1.807, 2.05) is 11.8 Å². The Morgan fingerprint density at radius 1 is 0.264 bits per heavy atom. The zero-order chi connectivity index (χ0) is 35.4. The lowest BCUT2D eigenvalue weighted by molar-refractivity contribution is 1.51. The fraction of sp³-hybridized carbons (Fsp3) is 0. The van der Waals surface area contributed by atoms with Gasteiger partial charge in [0.05, 0.1) is 0 Å². The SMILES string of the molecule is C(/C=C1\SC(c2ccccc2)=C(c2ccccc2)c2ccccc21)=C1C(c2ccccc2)=C(c2ccccc2)C(c2ccccc2)=C1c1ccccc1. The van der Waals surface area contributed by atoms with Crippen LogP contribution in [0.15, 0.2) is 224 Å². The number of allylic oxidation sites excluding steroid dienone is 7. The van der Waals surface area contributed by atoms with Gasteiger partial charge in [-0.15, -0.1) is 0 Å². The van der Waals surface area contributed by atoms with Crippen LogP contribution in [0.4, 0.5) is 0 Å². The highest BCUT2D eigenvalue weighted by Crippen LogP contribution is 2.56. The Balaban J connectivity index is 1.34. The first-order valence-electron chi connectivity index (χ1n) is 18.1. The molecule has 0 amide bonds. The molecule has 0 N–H and O–H groups in total. The van der Waals surface area contributed by atoms with Gasteiger partial charge in [-0.1, -0.05) is 224 Å². The monoisotopic (exact) mass is 692 g/mol. The highest BCUT2D eigenvalue weighted by molar-refractivity contribution is 8.16. The van der Waals surface area contributed by atoms with Crippen LogP contribution in [0, 0.1) is 0 Å². The summed E-state index contributed by atoms with van der Waals surface area (Å²) in [5, 5.41) is 0. The lowest BCUT2D eigenvalue weighted by atomic mass is 9.89.